The van der Waals surface area contributed by atoms with Gasteiger partial charge in [-0.15, -0.1) is 11.3 Å². The van der Waals surface area contributed by atoms with E-state index in [0.717, 1.165) is 11.3 Å². The number of rotatable bonds is 8. The van der Waals surface area contributed by atoms with Gasteiger partial charge >= 0.3 is 5.97 Å². The molecule has 0 aliphatic carbocycles. The fraction of sp³-hybridized carbons (Fsp3) is 0.227. The van der Waals surface area contributed by atoms with Gasteiger partial charge in [-0.2, -0.15) is 0 Å². The Labute approximate surface area is 177 Å². The van der Waals surface area contributed by atoms with Crippen molar-refractivity contribution in [1.82, 2.24) is 4.98 Å². The number of aryl methyl sites for hydroxylation is 1. The Morgan fingerprint density at radius 2 is 1.87 bits per heavy atom. The quantitative estimate of drug-likeness (QED) is 0.489. The molecule has 0 radical (unpaired) electrons. The summed E-state index contributed by atoms with van der Waals surface area (Å²) in [6.45, 7) is 1.33. The molecular weight excluding hydrogens is 407 g/mol. The summed E-state index contributed by atoms with van der Waals surface area (Å²) in [5, 5.41) is 2.00. The van der Waals surface area contributed by atoms with Crippen LogP contribution in [0.25, 0.3) is 0 Å². The molecule has 0 saturated carbocycles. The predicted octanol–water partition coefficient (Wildman–Crippen LogP) is 4.65. The summed E-state index contributed by atoms with van der Waals surface area (Å²) in [6, 6.07) is 13.5. The lowest BCUT2D eigenvalue weighted by Crippen LogP contribution is -2.23. The lowest BCUT2D eigenvalue weighted by molar-refractivity contribution is -0.145. The van der Waals surface area contributed by atoms with Gasteiger partial charge in [-0.05, 0) is 36.2 Å². The van der Waals surface area contributed by atoms with E-state index in [4.69, 9.17) is 9.47 Å². The SMILES string of the molecule is COc1ccc(CCC(=O)OCc2csc(N(C(C)=O)c3ccccc3F)n2)cc1. The van der Waals surface area contributed by atoms with Crippen molar-refractivity contribution in [2.75, 3.05) is 12.0 Å². The number of para-hydroxylation sites is 1. The van der Waals surface area contributed by atoms with Crippen LogP contribution in [0, 0.1) is 5.82 Å². The number of methoxy groups -OCH3 is 1. The van der Waals surface area contributed by atoms with E-state index in [-0.39, 0.29) is 30.6 Å². The third-order valence-corrected chi connectivity index (χ3v) is 5.17. The van der Waals surface area contributed by atoms with Gasteiger partial charge < -0.3 is 9.47 Å². The second-order valence-corrected chi connectivity index (χ2v) is 7.27. The van der Waals surface area contributed by atoms with Gasteiger partial charge in [-0.25, -0.2) is 9.37 Å². The monoisotopic (exact) mass is 428 g/mol. The molecule has 0 unspecified atom stereocenters. The zero-order chi connectivity index (χ0) is 21.5. The molecule has 156 valence electrons. The summed E-state index contributed by atoms with van der Waals surface area (Å²) in [7, 11) is 1.60. The standard InChI is InChI=1S/C22H21FN2O4S/c1-15(26)25(20-6-4-3-5-19(20)23)22-24-17(14-30-22)13-29-21(27)12-9-16-7-10-18(28-2)11-8-16/h3-8,10-11,14H,9,12-13H2,1-2H3. The van der Waals surface area contributed by atoms with E-state index in [1.807, 2.05) is 24.3 Å². The summed E-state index contributed by atoms with van der Waals surface area (Å²) in [6.07, 6.45) is 0.786. The molecule has 0 bridgehead atoms. The Morgan fingerprint density at radius 3 is 2.53 bits per heavy atom. The molecule has 0 fully saturated rings. The van der Waals surface area contributed by atoms with Crippen molar-refractivity contribution in [3.8, 4) is 5.75 Å². The van der Waals surface area contributed by atoms with Gasteiger partial charge in [0.1, 0.15) is 18.2 Å². The van der Waals surface area contributed by atoms with Crippen LogP contribution in [-0.4, -0.2) is 24.0 Å². The van der Waals surface area contributed by atoms with Crippen LogP contribution in [0.3, 0.4) is 0 Å². The maximum Gasteiger partial charge on any atom is 0.306 e. The zero-order valence-electron chi connectivity index (χ0n) is 16.6. The van der Waals surface area contributed by atoms with Crippen molar-refractivity contribution in [3.63, 3.8) is 0 Å². The molecule has 3 rings (SSSR count). The van der Waals surface area contributed by atoms with Gasteiger partial charge in [0.05, 0.1) is 18.5 Å². The van der Waals surface area contributed by atoms with E-state index in [9.17, 15) is 14.0 Å². The van der Waals surface area contributed by atoms with Gasteiger partial charge in [0.2, 0.25) is 5.91 Å². The van der Waals surface area contributed by atoms with Crippen molar-refractivity contribution >= 4 is 34.0 Å². The Hall–Kier alpha value is -3.26. The number of nitrogens with zero attached hydrogens (tertiary/aromatic N) is 2. The van der Waals surface area contributed by atoms with Gasteiger partial charge in [-0.1, -0.05) is 24.3 Å². The van der Waals surface area contributed by atoms with Gasteiger partial charge in [0, 0.05) is 18.7 Å². The average molecular weight is 428 g/mol. The van der Waals surface area contributed by atoms with E-state index in [1.54, 1.807) is 24.6 Å². The van der Waals surface area contributed by atoms with Crippen molar-refractivity contribution in [1.29, 1.82) is 0 Å². The summed E-state index contributed by atoms with van der Waals surface area (Å²) in [5.41, 5.74) is 1.63. The minimum absolute atomic E-state index is 0.0129. The number of benzene rings is 2. The third kappa shape index (κ3) is 5.42. The van der Waals surface area contributed by atoms with Crippen molar-refractivity contribution < 1.29 is 23.5 Å². The summed E-state index contributed by atoms with van der Waals surface area (Å²) < 4.78 is 24.5. The number of halogens is 1. The highest BCUT2D eigenvalue weighted by Crippen LogP contribution is 2.30. The highest BCUT2D eigenvalue weighted by Gasteiger charge is 2.21. The molecular formula is C22H21FN2O4S. The maximum absolute atomic E-state index is 14.1. The van der Waals surface area contributed by atoms with Crippen LogP contribution in [0.2, 0.25) is 0 Å². The number of anilines is 2. The fourth-order valence-corrected chi connectivity index (χ4v) is 3.64. The van der Waals surface area contributed by atoms with Crippen LogP contribution < -0.4 is 9.64 Å². The van der Waals surface area contributed by atoms with E-state index in [2.05, 4.69) is 4.98 Å². The van der Waals surface area contributed by atoms with Gasteiger partial charge in [-0.3, -0.25) is 14.5 Å². The van der Waals surface area contributed by atoms with Gasteiger partial charge in [0.25, 0.3) is 0 Å². The average Bonchev–Trinajstić information content (AvgIpc) is 3.21. The molecule has 1 aromatic heterocycles. The Balaban J connectivity index is 1.57. The predicted molar refractivity (Wildman–Crippen MR) is 112 cm³/mol. The first kappa shape index (κ1) is 21.4. The normalized spacial score (nSPS) is 10.5. The number of aromatic nitrogens is 1. The molecule has 0 aliphatic rings. The van der Waals surface area contributed by atoms with Crippen LogP contribution in [0.4, 0.5) is 15.2 Å². The molecule has 0 spiro atoms. The second kappa shape index (κ2) is 9.98. The van der Waals surface area contributed by atoms with E-state index >= 15 is 0 Å². The van der Waals surface area contributed by atoms with Crippen LogP contribution in [-0.2, 0) is 27.4 Å². The minimum Gasteiger partial charge on any atom is -0.497 e. The Morgan fingerprint density at radius 1 is 1.13 bits per heavy atom. The zero-order valence-corrected chi connectivity index (χ0v) is 17.4. The summed E-state index contributed by atoms with van der Waals surface area (Å²) in [5.74, 6) is -0.472. The lowest BCUT2D eigenvalue weighted by atomic mass is 10.1. The van der Waals surface area contributed by atoms with Crippen molar-refractivity contribution in [2.45, 2.75) is 26.4 Å². The number of esters is 1. The summed E-state index contributed by atoms with van der Waals surface area (Å²) >= 11 is 1.18. The fourth-order valence-electron chi connectivity index (χ4n) is 2.77. The number of hydrogen-bond acceptors (Lipinski definition) is 6. The minimum atomic E-state index is -0.519. The number of ether oxygens (including phenoxy) is 2. The first-order valence-corrected chi connectivity index (χ1v) is 10.1. The molecule has 1 amide bonds. The molecule has 3 aromatic rings. The number of thiazole rings is 1. The van der Waals surface area contributed by atoms with E-state index < -0.39 is 5.82 Å². The van der Waals surface area contributed by atoms with Crippen LogP contribution in [0.1, 0.15) is 24.6 Å². The number of carbonyl (C=O) groups excluding carboxylic acids is 2. The molecule has 0 atom stereocenters. The molecule has 0 N–H and O–H groups in total. The third-order valence-electron chi connectivity index (χ3n) is 4.30. The number of hydrogen-bond donors (Lipinski definition) is 0. The molecule has 8 heteroatoms. The lowest BCUT2D eigenvalue weighted by Gasteiger charge is -2.18. The van der Waals surface area contributed by atoms with Crippen molar-refractivity contribution in [2.24, 2.45) is 0 Å². The smallest absolute Gasteiger partial charge is 0.306 e. The molecule has 30 heavy (non-hydrogen) atoms. The number of carbonyl (C=O) groups is 2. The molecule has 0 saturated heterocycles. The topological polar surface area (TPSA) is 68.7 Å². The van der Waals surface area contributed by atoms with Crippen LogP contribution in [0.15, 0.2) is 53.9 Å². The molecule has 6 nitrogen and oxygen atoms in total. The first-order valence-electron chi connectivity index (χ1n) is 9.26. The van der Waals surface area contributed by atoms with Crippen LogP contribution >= 0.6 is 11.3 Å². The Kier molecular flexibility index (Phi) is 7.13. The largest absolute Gasteiger partial charge is 0.497 e. The Bertz CT molecular complexity index is 1020. The van der Waals surface area contributed by atoms with Gasteiger partial charge in [0.15, 0.2) is 5.13 Å². The highest BCUT2D eigenvalue weighted by molar-refractivity contribution is 7.14. The van der Waals surface area contributed by atoms with E-state index in [0.29, 0.717) is 17.2 Å². The maximum atomic E-state index is 14.1. The number of amides is 1. The first-order chi connectivity index (χ1) is 14.5. The van der Waals surface area contributed by atoms with Crippen LogP contribution in [0.5, 0.6) is 5.75 Å². The second-order valence-electron chi connectivity index (χ2n) is 6.44. The molecule has 1 heterocycles. The van der Waals surface area contributed by atoms with E-state index in [1.165, 1.54) is 35.3 Å². The summed E-state index contributed by atoms with van der Waals surface area (Å²) in [4.78, 5) is 29.6. The molecule has 2 aromatic carbocycles. The molecule has 0 aliphatic heterocycles. The van der Waals surface area contributed by atoms with Crippen molar-refractivity contribution in [3.05, 3.63) is 71.0 Å². The highest BCUT2D eigenvalue weighted by atomic mass is 32.1.